The first kappa shape index (κ1) is 22.5. The maximum Gasteiger partial charge on any atom is 0.246 e. The van der Waals surface area contributed by atoms with Gasteiger partial charge in [0.15, 0.2) is 0 Å². The van der Waals surface area contributed by atoms with Gasteiger partial charge in [-0.05, 0) is 49.2 Å². The van der Waals surface area contributed by atoms with Gasteiger partial charge in [-0.1, -0.05) is 19.4 Å². The van der Waals surface area contributed by atoms with Crippen LogP contribution in [0.1, 0.15) is 31.0 Å². The van der Waals surface area contributed by atoms with Gasteiger partial charge in [0, 0.05) is 38.1 Å². The fraction of sp³-hybridized carbons (Fsp3) is 0.320. The Morgan fingerprint density at radius 3 is 2.61 bits per heavy atom. The van der Waals surface area contributed by atoms with Crippen molar-refractivity contribution in [3.05, 3.63) is 65.7 Å². The molecule has 172 valence electrons. The SMILES string of the molecule is CCCCN1CC(=O)N(C)c2c1cc(NCc1ccc(Nc3ccc(F)cc3)nc1)nc2C. The number of halogens is 1. The van der Waals surface area contributed by atoms with E-state index in [1.807, 2.05) is 32.2 Å². The van der Waals surface area contributed by atoms with Crippen LogP contribution in [-0.4, -0.2) is 36.0 Å². The van der Waals surface area contributed by atoms with Crippen molar-refractivity contribution in [2.75, 3.05) is 40.6 Å². The van der Waals surface area contributed by atoms with Crippen LogP contribution in [0, 0.1) is 12.7 Å². The molecule has 0 fully saturated rings. The van der Waals surface area contributed by atoms with Gasteiger partial charge in [-0.2, -0.15) is 0 Å². The number of hydrogen-bond donors (Lipinski definition) is 2. The molecule has 0 atom stereocenters. The number of hydrogen-bond acceptors (Lipinski definition) is 6. The summed E-state index contributed by atoms with van der Waals surface area (Å²) in [7, 11) is 1.81. The maximum absolute atomic E-state index is 13.1. The number of anilines is 5. The average Bonchev–Trinajstić information content (AvgIpc) is 2.81. The number of pyridine rings is 2. The lowest BCUT2D eigenvalue weighted by molar-refractivity contribution is -0.117. The quantitative estimate of drug-likeness (QED) is 0.513. The molecule has 0 bridgehead atoms. The molecule has 8 heteroatoms. The van der Waals surface area contributed by atoms with Gasteiger partial charge in [0.05, 0.1) is 23.6 Å². The molecule has 0 radical (unpaired) electrons. The largest absolute Gasteiger partial charge is 0.366 e. The van der Waals surface area contributed by atoms with Crippen LogP contribution in [0.5, 0.6) is 0 Å². The molecule has 2 N–H and O–H groups in total. The van der Waals surface area contributed by atoms with Crippen molar-refractivity contribution in [1.29, 1.82) is 0 Å². The molecule has 1 aromatic carbocycles. The molecule has 1 aliphatic heterocycles. The molecular formula is C25H29FN6O. The summed E-state index contributed by atoms with van der Waals surface area (Å²) in [4.78, 5) is 25.4. The van der Waals surface area contributed by atoms with Crippen LogP contribution in [0.2, 0.25) is 0 Å². The highest BCUT2D eigenvalue weighted by Crippen LogP contribution is 2.37. The number of amides is 1. The van der Waals surface area contributed by atoms with E-state index in [1.165, 1.54) is 12.1 Å². The summed E-state index contributed by atoms with van der Waals surface area (Å²) in [6.45, 7) is 5.89. The van der Waals surface area contributed by atoms with E-state index in [4.69, 9.17) is 0 Å². The number of likely N-dealkylation sites (N-methyl/N-ethyl adjacent to an activating group) is 1. The molecule has 0 saturated heterocycles. The van der Waals surface area contributed by atoms with Crippen LogP contribution in [-0.2, 0) is 11.3 Å². The predicted molar refractivity (Wildman–Crippen MR) is 131 cm³/mol. The third-order valence-corrected chi connectivity index (χ3v) is 5.72. The highest BCUT2D eigenvalue weighted by Gasteiger charge is 2.29. The van der Waals surface area contributed by atoms with Crippen molar-refractivity contribution >= 4 is 34.6 Å². The van der Waals surface area contributed by atoms with Gasteiger partial charge in [0.25, 0.3) is 0 Å². The first-order valence-electron chi connectivity index (χ1n) is 11.2. The molecule has 1 amide bonds. The maximum atomic E-state index is 13.1. The topological polar surface area (TPSA) is 73.4 Å². The summed E-state index contributed by atoms with van der Waals surface area (Å²) in [5, 5.41) is 6.54. The van der Waals surface area contributed by atoms with E-state index in [0.29, 0.717) is 18.9 Å². The van der Waals surface area contributed by atoms with Crippen LogP contribution in [0.15, 0.2) is 48.7 Å². The summed E-state index contributed by atoms with van der Waals surface area (Å²) in [5.41, 5.74) is 4.53. The van der Waals surface area contributed by atoms with Crippen LogP contribution in [0.3, 0.4) is 0 Å². The molecule has 2 aromatic heterocycles. The third kappa shape index (κ3) is 5.22. The second-order valence-corrected chi connectivity index (χ2v) is 8.23. The Morgan fingerprint density at radius 2 is 1.91 bits per heavy atom. The number of aryl methyl sites for hydroxylation is 1. The molecule has 7 nitrogen and oxygen atoms in total. The van der Waals surface area contributed by atoms with Crippen molar-refractivity contribution in [3.63, 3.8) is 0 Å². The zero-order chi connectivity index (χ0) is 23.4. The lowest BCUT2D eigenvalue weighted by Gasteiger charge is -2.36. The van der Waals surface area contributed by atoms with Crippen molar-refractivity contribution in [2.45, 2.75) is 33.2 Å². The number of nitrogens with one attached hydrogen (secondary N) is 2. The van der Waals surface area contributed by atoms with Gasteiger partial charge in [-0.25, -0.2) is 14.4 Å². The average molecular weight is 449 g/mol. The fourth-order valence-corrected chi connectivity index (χ4v) is 3.90. The van der Waals surface area contributed by atoms with Crippen molar-refractivity contribution in [2.24, 2.45) is 0 Å². The lowest BCUT2D eigenvalue weighted by atomic mass is 10.1. The van der Waals surface area contributed by atoms with E-state index in [9.17, 15) is 9.18 Å². The normalized spacial score (nSPS) is 13.2. The Morgan fingerprint density at radius 1 is 1.12 bits per heavy atom. The van der Waals surface area contributed by atoms with Gasteiger partial charge < -0.3 is 20.4 Å². The van der Waals surface area contributed by atoms with Crippen LogP contribution < -0.4 is 20.4 Å². The third-order valence-electron chi connectivity index (χ3n) is 5.72. The Bertz CT molecular complexity index is 1120. The Hall–Kier alpha value is -3.68. The first-order valence-corrected chi connectivity index (χ1v) is 11.2. The Kier molecular flexibility index (Phi) is 6.72. The zero-order valence-corrected chi connectivity index (χ0v) is 19.2. The van der Waals surface area contributed by atoms with Crippen molar-refractivity contribution in [3.8, 4) is 0 Å². The van der Waals surface area contributed by atoms with E-state index in [2.05, 4.69) is 32.4 Å². The van der Waals surface area contributed by atoms with E-state index in [0.717, 1.165) is 53.5 Å². The number of aromatic nitrogens is 2. The highest BCUT2D eigenvalue weighted by atomic mass is 19.1. The predicted octanol–water partition coefficient (Wildman–Crippen LogP) is 4.86. The Balaban J connectivity index is 1.45. The molecule has 33 heavy (non-hydrogen) atoms. The minimum Gasteiger partial charge on any atom is -0.366 e. The molecule has 0 unspecified atom stereocenters. The zero-order valence-electron chi connectivity index (χ0n) is 19.2. The molecule has 0 aliphatic carbocycles. The number of carbonyl (C=O) groups is 1. The number of fused-ring (bicyclic) bond motifs is 1. The Labute approximate surface area is 193 Å². The molecule has 3 heterocycles. The summed E-state index contributed by atoms with van der Waals surface area (Å²) >= 11 is 0. The van der Waals surface area contributed by atoms with Gasteiger partial charge in [-0.3, -0.25) is 4.79 Å². The molecule has 0 spiro atoms. The number of rotatable bonds is 8. The molecule has 4 rings (SSSR count). The van der Waals surface area contributed by atoms with E-state index < -0.39 is 0 Å². The van der Waals surface area contributed by atoms with Gasteiger partial charge >= 0.3 is 0 Å². The van der Waals surface area contributed by atoms with E-state index in [-0.39, 0.29) is 11.7 Å². The minimum atomic E-state index is -0.271. The number of carbonyl (C=O) groups excluding carboxylic acids is 1. The number of nitrogens with zero attached hydrogens (tertiary/aromatic N) is 4. The summed E-state index contributed by atoms with van der Waals surface area (Å²) in [6, 6.07) is 12.1. The van der Waals surface area contributed by atoms with E-state index >= 15 is 0 Å². The number of unbranched alkanes of at least 4 members (excludes halogenated alkanes) is 1. The van der Waals surface area contributed by atoms with Crippen LogP contribution in [0.4, 0.5) is 33.1 Å². The standard InChI is InChI=1S/C25H29FN6O/c1-4-5-12-32-16-24(33)31(3)25-17(2)29-23(13-21(25)32)28-15-18-6-11-22(27-14-18)30-20-9-7-19(26)8-10-20/h6-11,13-14H,4-5,12,15-16H2,1-3H3,(H,27,30)(H,28,29). The van der Waals surface area contributed by atoms with E-state index in [1.54, 1.807) is 23.2 Å². The molecular weight excluding hydrogens is 419 g/mol. The van der Waals surface area contributed by atoms with Crippen molar-refractivity contribution < 1.29 is 9.18 Å². The summed E-state index contributed by atoms with van der Waals surface area (Å²) in [6.07, 6.45) is 3.90. The lowest BCUT2D eigenvalue weighted by Crippen LogP contribution is -2.44. The summed E-state index contributed by atoms with van der Waals surface area (Å²) < 4.78 is 13.1. The van der Waals surface area contributed by atoms with Crippen LogP contribution >= 0.6 is 0 Å². The van der Waals surface area contributed by atoms with Crippen LogP contribution in [0.25, 0.3) is 0 Å². The molecule has 0 saturated carbocycles. The van der Waals surface area contributed by atoms with Gasteiger partial charge in [0.2, 0.25) is 5.91 Å². The van der Waals surface area contributed by atoms with Gasteiger partial charge in [0.1, 0.15) is 17.5 Å². The smallest absolute Gasteiger partial charge is 0.246 e. The minimum absolute atomic E-state index is 0.0876. The van der Waals surface area contributed by atoms with Gasteiger partial charge in [-0.15, -0.1) is 0 Å². The second-order valence-electron chi connectivity index (χ2n) is 8.23. The molecule has 1 aliphatic rings. The number of benzene rings is 1. The highest BCUT2D eigenvalue weighted by molar-refractivity contribution is 6.03. The molecule has 3 aromatic rings. The summed E-state index contributed by atoms with van der Waals surface area (Å²) in [5.74, 6) is 1.27. The second kappa shape index (κ2) is 9.85. The monoisotopic (exact) mass is 448 g/mol. The van der Waals surface area contributed by atoms with Crippen molar-refractivity contribution in [1.82, 2.24) is 9.97 Å². The fourth-order valence-electron chi connectivity index (χ4n) is 3.90. The first-order chi connectivity index (χ1) is 15.9.